The quantitative estimate of drug-likeness (QED) is 0.711. The van der Waals surface area contributed by atoms with Crippen LogP contribution in [0.15, 0.2) is 37.1 Å². The summed E-state index contributed by atoms with van der Waals surface area (Å²) in [6.45, 7) is 2.11. The summed E-state index contributed by atoms with van der Waals surface area (Å²) >= 11 is 0. The first-order valence-electron chi connectivity index (χ1n) is 8.51. The van der Waals surface area contributed by atoms with Crippen molar-refractivity contribution in [2.45, 2.75) is 25.4 Å². The van der Waals surface area contributed by atoms with Crippen molar-refractivity contribution in [2.75, 3.05) is 18.4 Å². The van der Waals surface area contributed by atoms with Gasteiger partial charge in [0.15, 0.2) is 0 Å². The fraction of sp³-hybridized carbons (Fsp3) is 0.412. The molecule has 3 N–H and O–H groups in total. The molecule has 1 fully saturated rings. The second kappa shape index (κ2) is 9.83. The summed E-state index contributed by atoms with van der Waals surface area (Å²) in [5.41, 5.74) is 0.730. The number of amides is 1. The lowest BCUT2D eigenvalue weighted by molar-refractivity contribution is -0.192. The van der Waals surface area contributed by atoms with Gasteiger partial charge in [-0.05, 0) is 44.0 Å². The van der Waals surface area contributed by atoms with Gasteiger partial charge in [-0.25, -0.2) is 14.8 Å². The van der Waals surface area contributed by atoms with Gasteiger partial charge in [0.05, 0.1) is 11.9 Å². The van der Waals surface area contributed by atoms with E-state index in [1.54, 1.807) is 18.7 Å². The third-order valence-corrected chi connectivity index (χ3v) is 3.99. The van der Waals surface area contributed by atoms with Crippen LogP contribution < -0.4 is 10.6 Å². The number of aliphatic carboxylic acids is 1. The molecule has 0 aliphatic carbocycles. The van der Waals surface area contributed by atoms with Crippen molar-refractivity contribution in [2.24, 2.45) is 5.92 Å². The summed E-state index contributed by atoms with van der Waals surface area (Å²) in [6.07, 6.45) is 4.50. The molecule has 1 aliphatic heterocycles. The van der Waals surface area contributed by atoms with Crippen molar-refractivity contribution in [1.29, 1.82) is 0 Å². The van der Waals surface area contributed by atoms with Gasteiger partial charge in [0.25, 0.3) is 0 Å². The van der Waals surface area contributed by atoms with Crippen LogP contribution in [0.4, 0.5) is 18.9 Å². The van der Waals surface area contributed by atoms with Crippen molar-refractivity contribution in [3.8, 4) is 5.82 Å². The third kappa shape index (κ3) is 6.99. The minimum atomic E-state index is -5.08. The summed E-state index contributed by atoms with van der Waals surface area (Å²) in [6, 6.07) is 3.72. The van der Waals surface area contributed by atoms with Crippen molar-refractivity contribution in [3.63, 3.8) is 0 Å². The maximum absolute atomic E-state index is 11.9. The number of nitrogens with zero attached hydrogens (tertiary/aromatic N) is 3. The van der Waals surface area contributed by atoms with Crippen LogP contribution >= 0.6 is 0 Å². The highest BCUT2D eigenvalue weighted by atomic mass is 19.4. The van der Waals surface area contributed by atoms with Crippen molar-refractivity contribution >= 4 is 17.6 Å². The molecule has 0 bridgehead atoms. The van der Waals surface area contributed by atoms with Crippen LogP contribution in [0.5, 0.6) is 0 Å². The lowest BCUT2D eigenvalue weighted by Crippen LogP contribution is -2.21. The van der Waals surface area contributed by atoms with E-state index < -0.39 is 12.1 Å². The smallest absolute Gasteiger partial charge is 0.475 e. The first kappa shape index (κ1) is 21.4. The number of imidazole rings is 1. The Balaban J connectivity index is 0.000000345. The zero-order chi connectivity index (χ0) is 20.6. The van der Waals surface area contributed by atoms with Crippen LogP contribution in [-0.2, 0) is 9.59 Å². The zero-order valence-corrected chi connectivity index (χ0v) is 14.8. The van der Waals surface area contributed by atoms with Gasteiger partial charge in [0, 0.05) is 18.8 Å². The molecule has 28 heavy (non-hydrogen) atoms. The number of aromatic nitrogens is 3. The van der Waals surface area contributed by atoms with E-state index in [-0.39, 0.29) is 5.91 Å². The topological polar surface area (TPSA) is 109 Å². The molecule has 2 aromatic rings. The fourth-order valence-corrected chi connectivity index (χ4v) is 2.53. The number of nitrogens with one attached hydrogen (secondary N) is 2. The normalized spacial score (nSPS) is 16.2. The van der Waals surface area contributed by atoms with Crippen LogP contribution in [0.25, 0.3) is 5.82 Å². The fourth-order valence-electron chi connectivity index (χ4n) is 2.53. The Morgan fingerprint density at radius 1 is 1.36 bits per heavy atom. The number of carboxylic acids is 1. The number of hydrogen-bond acceptors (Lipinski definition) is 5. The van der Waals surface area contributed by atoms with Crippen LogP contribution in [0.1, 0.15) is 19.3 Å². The minimum Gasteiger partial charge on any atom is -0.475 e. The second-order valence-corrected chi connectivity index (χ2v) is 6.12. The third-order valence-electron chi connectivity index (χ3n) is 3.99. The molecule has 152 valence electrons. The molecule has 1 atom stereocenters. The largest absolute Gasteiger partial charge is 0.490 e. The van der Waals surface area contributed by atoms with E-state index in [4.69, 9.17) is 9.90 Å². The van der Waals surface area contributed by atoms with Gasteiger partial charge in [-0.3, -0.25) is 9.36 Å². The highest BCUT2D eigenvalue weighted by Gasteiger charge is 2.38. The first-order chi connectivity index (χ1) is 13.3. The summed E-state index contributed by atoms with van der Waals surface area (Å²) in [5.74, 6) is -1.29. The average Bonchev–Trinajstić information content (AvgIpc) is 3.34. The Bertz CT molecular complexity index is 757. The summed E-state index contributed by atoms with van der Waals surface area (Å²) in [4.78, 5) is 29.1. The number of alkyl halides is 3. The highest BCUT2D eigenvalue weighted by molar-refractivity contribution is 5.90. The molecule has 0 saturated carbocycles. The van der Waals surface area contributed by atoms with Crippen molar-refractivity contribution in [1.82, 2.24) is 19.9 Å². The first-order valence-corrected chi connectivity index (χ1v) is 8.51. The predicted octanol–water partition coefficient (Wildman–Crippen LogP) is 2.23. The number of halogens is 3. The van der Waals surface area contributed by atoms with Crippen LogP contribution in [0, 0.1) is 5.92 Å². The van der Waals surface area contributed by atoms with Crippen LogP contribution in [-0.4, -0.2) is 50.8 Å². The van der Waals surface area contributed by atoms with Gasteiger partial charge in [0.2, 0.25) is 5.91 Å². The molecule has 8 nitrogen and oxygen atoms in total. The molecule has 1 aliphatic rings. The number of carbonyl (C=O) groups is 2. The van der Waals surface area contributed by atoms with Gasteiger partial charge in [-0.1, -0.05) is 0 Å². The molecular weight excluding hydrogens is 379 g/mol. The Kier molecular flexibility index (Phi) is 7.50. The summed E-state index contributed by atoms with van der Waals surface area (Å²) < 4.78 is 33.6. The molecule has 1 unspecified atom stereocenters. The van der Waals surface area contributed by atoms with E-state index in [0.717, 1.165) is 31.0 Å². The zero-order valence-electron chi connectivity index (χ0n) is 14.8. The molecule has 1 saturated heterocycles. The molecule has 0 spiro atoms. The average molecular weight is 399 g/mol. The highest BCUT2D eigenvalue weighted by Crippen LogP contribution is 2.16. The van der Waals surface area contributed by atoms with Gasteiger partial charge in [-0.15, -0.1) is 0 Å². The van der Waals surface area contributed by atoms with E-state index in [9.17, 15) is 18.0 Å². The molecule has 2 aromatic heterocycles. The number of anilines is 1. The number of hydrogen-bond donors (Lipinski definition) is 3. The van der Waals surface area contributed by atoms with Crippen LogP contribution in [0.3, 0.4) is 0 Å². The van der Waals surface area contributed by atoms with Gasteiger partial charge in [0.1, 0.15) is 12.1 Å². The number of carbonyl (C=O) groups excluding carboxylic acids is 1. The van der Waals surface area contributed by atoms with E-state index >= 15 is 0 Å². The maximum Gasteiger partial charge on any atom is 0.490 e. The molecule has 0 radical (unpaired) electrons. The van der Waals surface area contributed by atoms with Crippen molar-refractivity contribution in [3.05, 3.63) is 37.1 Å². The Hall–Kier alpha value is -2.95. The van der Waals surface area contributed by atoms with Gasteiger partial charge in [-0.2, -0.15) is 13.2 Å². The molecule has 1 amide bonds. The Labute approximate surface area is 158 Å². The van der Waals surface area contributed by atoms with E-state index in [2.05, 4.69) is 20.6 Å². The number of rotatable bonds is 5. The van der Waals surface area contributed by atoms with Crippen molar-refractivity contribution < 1.29 is 27.9 Å². The maximum atomic E-state index is 11.9. The van der Waals surface area contributed by atoms with Crippen LogP contribution in [0.2, 0.25) is 0 Å². The van der Waals surface area contributed by atoms with E-state index in [1.165, 1.54) is 6.42 Å². The SMILES string of the molecule is O=C(CCC1CCNC1)Nc1ccc(-n2ccnc2)nc1.O=C(O)C(F)(F)F. The van der Waals surface area contributed by atoms with E-state index in [0.29, 0.717) is 12.3 Å². The second-order valence-electron chi connectivity index (χ2n) is 6.12. The predicted molar refractivity (Wildman–Crippen MR) is 93.9 cm³/mol. The number of carboxylic acid groups (broad SMARTS) is 1. The molecule has 3 rings (SSSR count). The molecule has 11 heteroatoms. The standard InChI is InChI=1S/C15H19N5O.C2HF3O2/c21-15(4-1-12-5-6-16-9-12)19-13-2-3-14(18-10-13)20-8-7-17-11-20;3-2(4,5)1(6)7/h2-3,7-8,10-12,16H,1,4-6,9H2,(H,19,21);(H,6,7). The van der Waals surface area contributed by atoms with Gasteiger partial charge >= 0.3 is 12.1 Å². The summed E-state index contributed by atoms with van der Waals surface area (Å²) in [7, 11) is 0. The summed E-state index contributed by atoms with van der Waals surface area (Å²) in [5, 5.41) is 13.3. The monoisotopic (exact) mass is 399 g/mol. The molecule has 3 heterocycles. The Morgan fingerprint density at radius 3 is 2.61 bits per heavy atom. The van der Waals surface area contributed by atoms with E-state index in [1.807, 2.05) is 22.9 Å². The number of pyridine rings is 1. The minimum absolute atomic E-state index is 0.0547. The molecular formula is C17H20F3N5O3. The lowest BCUT2D eigenvalue weighted by atomic mass is 10.0. The van der Waals surface area contributed by atoms with Gasteiger partial charge < -0.3 is 15.7 Å². The lowest BCUT2D eigenvalue weighted by Gasteiger charge is -2.09. The molecule has 0 aromatic carbocycles. The Morgan fingerprint density at radius 2 is 2.11 bits per heavy atom.